The van der Waals surface area contributed by atoms with E-state index in [1.807, 2.05) is 24.3 Å². The van der Waals surface area contributed by atoms with E-state index in [1.54, 1.807) is 45.0 Å². The molecule has 1 heterocycles. The minimum atomic E-state index is -0.597. The van der Waals surface area contributed by atoms with Gasteiger partial charge in [-0.05, 0) is 70.1 Å². The van der Waals surface area contributed by atoms with Crippen LogP contribution >= 0.6 is 0 Å². The van der Waals surface area contributed by atoms with E-state index in [4.69, 9.17) is 4.74 Å². The molecule has 2 aromatic carbocycles. The summed E-state index contributed by atoms with van der Waals surface area (Å²) in [5.74, 6) is -0.228. The summed E-state index contributed by atoms with van der Waals surface area (Å²) < 4.78 is 5.28. The van der Waals surface area contributed by atoms with Gasteiger partial charge in [-0.3, -0.25) is 15.0 Å². The Morgan fingerprint density at radius 3 is 2.11 bits per heavy atom. The number of rotatable bonds is 5. The number of carbonyl (C=O) groups is 2. The van der Waals surface area contributed by atoms with E-state index in [2.05, 4.69) is 15.5 Å². The lowest BCUT2D eigenvalue weighted by Crippen LogP contribution is -2.36. The van der Waals surface area contributed by atoms with E-state index in [9.17, 15) is 9.59 Å². The summed E-state index contributed by atoms with van der Waals surface area (Å²) in [7, 11) is 0. The SMILES string of the molecule is CC(C)(C)OC(=O)Nc1ccccc1NC(=O)c1ccc(CN2CCC2)cc1. The standard InChI is InChI=1S/C22H27N3O3/c1-22(2,3)28-21(27)24-19-8-5-4-7-18(19)23-20(26)17-11-9-16(10-12-17)15-25-13-6-14-25/h4-5,7-12H,6,13-15H2,1-3H3,(H,23,26)(H,24,27). The molecule has 0 aliphatic carbocycles. The first-order valence-corrected chi connectivity index (χ1v) is 9.52. The van der Waals surface area contributed by atoms with Gasteiger partial charge in [0.2, 0.25) is 0 Å². The van der Waals surface area contributed by atoms with Gasteiger partial charge in [0.1, 0.15) is 5.60 Å². The predicted octanol–water partition coefficient (Wildman–Crippen LogP) is 4.49. The molecule has 6 heteroatoms. The summed E-state index contributed by atoms with van der Waals surface area (Å²) in [6, 6.07) is 14.7. The molecule has 28 heavy (non-hydrogen) atoms. The molecule has 148 valence electrons. The summed E-state index contributed by atoms with van der Waals surface area (Å²) in [5, 5.41) is 5.54. The average Bonchev–Trinajstić information content (AvgIpc) is 2.58. The molecule has 0 aromatic heterocycles. The van der Waals surface area contributed by atoms with Gasteiger partial charge >= 0.3 is 6.09 Å². The van der Waals surface area contributed by atoms with Gasteiger partial charge in [0.25, 0.3) is 5.91 Å². The maximum Gasteiger partial charge on any atom is 0.412 e. The highest BCUT2D eigenvalue weighted by atomic mass is 16.6. The molecule has 0 radical (unpaired) electrons. The van der Waals surface area contributed by atoms with Crippen LogP contribution in [0.25, 0.3) is 0 Å². The Balaban J connectivity index is 1.64. The zero-order valence-corrected chi connectivity index (χ0v) is 16.6. The van der Waals surface area contributed by atoms with Crippen LogP contribution in [0.5, 0.6) is 0 Å². The molecule has 2 aromatic rings. The Labute approximate surface area is 165 Å². The number of likely N-dealkylation sites (tertiary alicyclic amines) is 1. The third kappa shape index (κ3) is 5.57. The van der Waals surface area contributed by atoms with Gasteiger partial charge in [-0.15, -0.1) is 0 Å². The van der Waals surface area contributed by atoms with Crippen molar-refractivity contribution >= 4 is 23.4 Å². The highest BCUT2D eigenvalue weighted by Crippen LogP contribution is 2.23. The lowest BCUT2D eigenvalue weighted by atomic mass is 10.1. The van der Waals surface area contributed by atoms with Crippen molar-refractivity contribution in [2.45, 2.75) is 39.3 Å². The van der Waals surface area contributed by atoms with Crippen molar-refractivity contribution in [1.82, 2.24) is 4.90 Å². The van der Waals surface area contributed by atoms with Crippen molar-refractivity contribution in [3.63, 3.8) is 0 Å². The second-order valence-electron chi connectivity index (χ2n) is 7.95. The van der Waals surface area contributed by atoms with Gasteiger partial charge in [-0.2, -0.15) is 0 Å². The number of hydrogen-bond acceptors (Lipinski definition) is 4. The van der Waals surface area contributed by atoms with Crippen molar-refractivity contribution in [3.8, 4) is 0 Å². The zero-order chi connectivity index (χ0) is 20.1. The Morgan fingerprint density at radius 1 is 0.964 bits per heavy atom. The maximum atomic E-state index is 12.6. The molecule has 0 spiro atoms. The molecule has 2 amide bonds. The minimum Gasteiger partial charge on any atom is -0.444 e. The van der Waals surface area contributed by atoms with E-state index < -0.39 is 11.7 Å². The highest BCUT2D eigenvalue weighted by molar-refractivity contribution is 6.06. The van der Waals surface area contributed by atoms with Crippen molar-refractivity contribution in [2.75, 3.05) is 23.7 Å². The summed E-state index contributed by atoms with van der Waals surface area (Å²) in [5.41, 5.74) is 2.17. The van der Waals surface area contributed by atoms with E-state index in [0.717, 1.165) is 19.6 Å². The third-order valence-electron chi connectivity index (χ3n) is 4.38. The van der Waals surface area contributed by atoms with E-state index in [1.165, 1.54) is 12.0 Å². The first-order chi connectivity index (χ1) is 13.3. The third-order valence-corrected chi connectivity index (χ3v) is 4.38. The number of nitrogens with zero attached hydrogens (tertiary/aromatic N) is 1. The molecule has 0 unspecified atom stereocenters. The van der Waals surface area contributed by atoms with Crippen LogP contribution in [0.15, 0.2) is 48.5 Å². The van der Waals surface area contributed by atoms with Gasteiger partial charge < -0.3 is 10.1 Å². The molecule has 3 rings (SSSR count). The molecule has 1 aliphatic rings. The second kappa shape index (κ2) is 8.44. The largest absolute Gasteiger partial charge is 0.444 e. The lowest BCUT2D eigenvalue weighted by Gasteiger charge is -2.30. The van der Waals surface area contributed by atoms with Crippen LogP contribution in [-0.2, 0) is 11.3 Å². The Kier molecular flexibility index (Phi) is 5.99. The molecule has 2 N–H and O–H groups in total. The van der Waals surface area contributed by atoms with Gasteiger partial charge in [-0.1, -0.05) is 24.3 Å². The molecule has 1 aliphatic heterocycles. The fourth-order valence-electron chi connectivity index (χ4n) is 2.87. The summed E-state index contributed by atoms with van der Waals surface area (Å²) >= 11 is 0. The van der Waals surface area contributed by atoms with E-state index in [0.29, 0.717) is 16.9 Å². The molecular formula is C22H27N3O3. The number of benzene rings is 2. The predicted molar refractivity (Wildman–Crippen MR) is 111 cm³/mol. The van der Waals surface area contributed by atoms with Crippen LogP contribution in [0.1, 0.15) is 43.1 Å². The van der Waals surface area contributed by atoms with Crippen LogP contribution in [0.4, 0.5) is 16.2 Å². The Hall–Kier alpha value is -2.86. The number of ether oxygens (including phenoxy) is 1. The van der Waals surface area contributed by atoms with E-state index >= 15 is 0 Å². The number of hydrogen-bond donors (Lipinski definition) is 2. The first kappa shape index (κ1) is 19.9. The highest BCUT2D eigenvalue weighted by Gasteiger charge is 2.18. The average molecular weight is 381 g/mol. The van der Waals surface area contributed by atoms with Crippen molar-refractivity contribution < 1.29 is 14.3 Å². The van der Waals surface area contributed by atoms with Crippen LogP contribution < -0.4 is 10.6 Å². The van der Waals surface area contributed by atoms with Gasteiger partial charge in [0, 0.05) is 12.1 Å². The quantitative estimate of drug-likeness (QED) is 0.800. The smallest absolute Gasteiger partial charge is 0.412 e. The molecule has 1 saturated heterocycles. The number of anilines is 2. The number of carbonyl (C=O) groups excluding carboxylic acids is 2. The van der Waals surface area contributed by atoms with Crippen LogP contribution in [-0.4, -0.2) is 35.6 Å². The number of para-hydroxylation sites is 2. The molecule has 0 saturated carbocycles. The molecular weight excluding hydrogens is 354 g/mol. The van der Waals surface area contributed by atoms with E-state index in [-0.39, 0.29) is 5.91 Å². The Morgan fingerprint density at radius 2 is 1.57 bits per heavy atom. The fraction of sp³-hybridized carbons (Fsp3) is 0.364. The van der Waals surface area contributed by atoms with Gasteiger partial charge in [0.05, 0.1) is 11.4 Å². The Bertz CT molecular complexity index is 837. The fourth-order valence-corrected chi connectivity index (χ4v) is 2.87. The normalized spacial score (nSPS) is 14.1. The summed E-state index contributed by atoms with van der Waals surface area (Å²) in [6.45, 7) is 8.60. The number of nitrogens with one attached hydrogen (secondary N) is 2. The van der Waals surface area contributed by atoms with Crippen LogP contribution in [0.3, 0.4) is 0 Å². The minimum absolute atomic E-state index is 0.228. The maximum absolute atomic E-state index is 12.6. The molecule has 1 fully saturated rings. The van der Waals surface area contributed by atoms with Crippen LogP contribution in [0, 0.1) is 0 Å². The monoisotopic (exact) mass is 381 g/mol. The topological polar surface area (TPSA) is 70.7 Å². The molecule has 6 nitrogen and oxygen atoms in total. The summed E-state index contributed by atoms with van der Waals surface area (Å²) in [4.78, 5) is 27.0. The summed E-state index contributed by atoms with van der Waals surface area (Å²) in [6.07, 6.45) is 0.696. The van der Waals surface area contributed by atoms with Crippen molar-refractivity contribution in [3.05, 3.63) is 59.7 Å². The van der Waals surface area contributed by atoms with Gasteiger partial charge in [-0.25, -0.2) is 4.79 Å². The van der Waals surface area contributed by atoms with Gasteiger partial charge in [0.15, 0.2) is 0 Å². The number of amides is 2. The van der Waals surface area contributed by atoms with Crippen molar-refractivity contribution in [1.29, 1.82) is 0 Å². The van der Waals surface area contributed by atoms with Crippen LogP contribution in [0.2, 0.25) is 0 Å². The zero-order valence-electron chi connectivity index (χ0n) is 16.6. The van der Waals surface area contributed by atoms with Crippen molar-refractivity contribution in [2.24, 2.45) is 0 Å². The first-order valence-electron chi connectivity index (χ1n) is 9.52. The lowest BCUT2D eigenvalue weighted by molar-refractivity contribution is 0.0635. The molecule has 0 atom stereocenters. The second-order valence-corrected chi connectivity index (χ2v) is 7.95. The molecule has 0 bridgehead atoms.